The van der Waals surface area contributed by atoms with Crippen LogP contribution >= 0.6 is 0 Å². The highest BCUT2D eigenvalue weighted by molar-refractivity contribution is 5.47. The fourth-order valence-electron chi connectivity index (χ4n) is 0.498. The van der Waals surface area contributed by atoms with Crippen molar-refractivity contribution in [2.24, 2.45) is 4.99 Å². The van der Waals surface area contributed by atoms with Crippen molar-refractivity contribution in [1.29, 1.82) is 0 Å². The molecule has 0 amide bonds. The molecule has 46 valence electrons. The fourth-order valence-corrected chi connectivity index (χ4v) is 0.498. The van der Waals surface area contributed by atoms with E-state index < -0.39 is 0 Å². The Hall–Kier alpha value is -1.41. The molecule has 0 aliphatic rings. The topological polar surface area (TPSA) is 58.1 Å². The third-order valence-corrected chi connectivity index (χ3v) is 0.960. The van der Waals surface area contributed by atoms with Gasteiger partial charge in [0.25, 0.3) is 0 Å². The number of isocyanates is 1. The minimum Gasteiger partial charge on any atom is -0.260 e. The zero-order valence-electron chi connectivity index (χ0n) is 4.88. The van der Waals surface area contributed by atoms with Crippen LogP contribution in [0.15, 0.2) is 11.2 Å². The van der Waals surface area contributed by atoms with Crippen LogP contribution in [-0.4, -0.2) is 16.3 Å². The molecule has 4 heteroatoms. The van der Waals surface area contributed by atoms with E-state index in [1.54, 1.807) is 13.1 Å². The number of aliphatic imine (C=N–C) groups is 1. The molecule has 0 aromatic carbocycles. The highest BCUT2D eigenvalue weighted by Crippen LogP contribution is 2.10. The Kier molecular flexibility index (Phi) is 1.42. The molecule has 0 radical (unpaired) electrons. The van der Waals surface area contributed by atoms with Crippen molar-refractivity contribution in [2.75, 3.05) is 0 Å². The van der Waals surface area contributed by atoms with Gasteiger partial charge in [-0.15, -0.1) is 4.99 Å². The minimum absolute atomic E-state index is 0.477. The summed E-state index contributed by atoms with van der Waals surface area (Å²) in [5.41, 5.74) is 0.846. The molecule has 0 unspecified atom stereocenters. The quantitative estimate of drug-likeness (QED) is 0.441. The van der Waals surface area contributed by atoms with Gasteiger partial charge in [-0.2, -0.15) is 5.10 Å². The Labute approximate surface area is 51.6 Å². The molecular formula is C5H5N3O. The second kappa shape index (κ2) is 2.24. The monoisotopic (exact) mass is 123 g/mol. The Bertz CT molecular complexity index is 246. The fraction of sp³-hybridized carbons (Fsp3) is 0.200. The number of aromatic nitrogens is 2. The first-order valence-corrected chi connectivity index (χ1v) is 2.42. The summed E-state index contributed by atoms with van der Waals surface area (Å²) in [4.78, 5) is 13.0. The van der Waals surface area contributed by atoms with Crippen LogP contribution in [-0.2, 0) is 4.79 Å². The van der Waals surface area contributed by atoms with Gasteiger partial charge in [0.1, 0.15) is 0 Å². The molecule has 0 spiro atoms. The maximum Gasteiger partial charge on any atom is 0.242 e. The van der Waals surface area contributed by atoms with E-state index in [0.717, 1.165) is 5.56 Å². The number of hydrogen-bond acceptors (Lipinski definition) is 3. The Morgan fingerprint density at radius 2 is 2.67 bits per heavy atom. The summed E-state index contributed by atoms with van der Waals surface area (Å²) in [5.74, 6) is 0.477. The van der Waals surface area contributed by atoms with E-state index in [-0.39, 0.29) is 0 Å². The van der Waals surface area contributed by atoms with E-state index in [4.69, 9.17) is 0 Å². The normalized spacial score (nSPS) is 8.56. The van der Waals surface area contributed by atoms with Crippen molar-refractivity contribution in [3.63, 3.8) is 0 Å². The van der Waals surface area contributed by atoms with Gasteiger partial charge in [0.15, 0.2) is 5.82 Å². The molecule has 0 saturated heterocycles. The molecule has 9 heavy (non-hydrogen) atoms. The van der Waals surface area contributed by atoms with Gasteiger partial charge in [-0.3, -0.25) is 5.10 Å². The third kappa shape index (κ3) is 1.03. The number of carbonyl (C=O) groups excluding carboxylic acids is 1. The van der Waals surface area contributed by atoms with E-state index in [1.807, 2.05) is 0 Å². The largest absolute Gasteiger partial charge is 0.260 e. The number of aromatic amines is 1. The maximum absolute atomic E-state index is 9.68. The lowest BCUT2D eigenvalue weighted by molar-refractivity contribution is 0.565. The van der Waals surface area contributed by atoms with Crippen LogP contribution in [0.1, 0.15) is 5.56 Å². The van der Waals surface area contributed by atoms with Crippen LogP contribution in [0.3, 0.4) is 0 Å². The summed E-state index contributed by atoms with van der Waals surface area (Å²) in [6.45, 7) is 1.81. The summed E-state index contributed by atoms with van der Waals surface area (Å²) in [7, 11) is 0. The molecule has 1 aromatic heterocycles. The highest BCUT2D eigenvalue weighted by Gasteiger charge is 1.93. The van der Waals surface area contributed by atoms with Gasteiger partial charge in [-0.05, 0) is 6.92 Å². The molecule has 0 aliphatic carbocycles. The summed E-state index contributed by atoms with van der Waals surface area (Å²) in [6, 6.07) is 0. The number of H-pyrrole nitrogens is 1. The van der Waals surface area contributed by atoms with Crippen molar-refractivity contribution >= 4 is 11.9 Å². The smallest absolute Gasteiger partial charge is 0.242 e. The zero-order valence-corrected chi connectivity index (χ0v) is 4.88. The second-order valence-corrected chi connectivity index (χ2v) is 1.60. The molecule has 0 fully saturated rings. The first-order chi connectivity index (χ1) is 4.34. The van der Waals surface area contributed by atoms with Gasteiger partial charge in [0.05, 0.1) is 6.20 Å². The van der Waals surface area contributed by atoms with Gasteiger partial charge in [0, 0.05) is 5.56 Å². The molecule has 1 N–H and O–H groups in total. The number of nitrogens with zero attached hydrogens (tertiary/aromatic N) is 2. The standard InChI is InChI=1S/C5H5N3O/c1-4-2-7-8-5(4)6-3-9/h2H,1H3,(H,7,8). The van der Waals surface area contributed by atoms with Crippen molar-refractivity contribution < 1.29 is 4.79 Å². The average molecular weight is 123 g/mol. The van der Waals surface area contributed by atoms with Crippen molar-refractivity contribution in [2.45, 2.75) is 6.92 Å². The molecule has 0 atom stereocenters. The molecule has 0 aliphatic heterocycles. The predicted molar refractivity (Wildman–Crippen MR) is 31.1 cm³/mol. The van der Waals surface area contributed by atoms with Gasteiger partial charge in [-0.25, -0.2) is 4.79 Å². The maximum atomic E-state index is 9.68. The number of aryl methyl sites for hydroxylation is 1. The van der Waals surface area contributed by atoms with Crippen LogP contribution in [0.4, 0.5) is 5.82 Å². The molecule has 1 heterocycles. The lowest BCUT2D eigenvalue weighted by atomic mass is 10.4. The predicted octanol–water partition coefficient (Wildman–Crippen LogP) is 0.685. The number of rotatable bonds is 1. The highest BCUT2D eigenvalue weighted by atomic mass is 16.1. The third-order valence-electron chi connectivity index (χ3n) is 0.960. The van der Waals surface area contributed by atoms with Crippen molar-refractivity contribution in [1.82, 2.24) is 10.2 Å². The van der Waals surface area contributed by atoms with Crippen LogP contribution in [0.5, 0.6) is 0 Å². The molecule has 0 bridgehead atoms. The minimum atomic E-state index is 0.477. The van der Waals surface area contributed by atoms with Crippen LogP contribution in [0, 0.1) is 6.92 Å². The van der Waals surface area contributed by atoms with Crippen LogP contribution in [0.2, 0.25) is 0 Å². The molecule has 1 aromatic rings. The molecule has 4 nitrogen and oxygen atoms in total. The van der Waals surface area contributed by atoms with E-state index in [0.29, 0.717) is 5.82 Å². The van der Waals surface area contributed by atoms with Crippen LogP contribution in [0.25, 0.3) is 0 Å². The van der Waals surface area contributed by atoms with E-state index >= 15 is 0 Å². The lowest BCUT2D eigenvalue weighted by Gasteiger charge is -1.79. The number of hydrogen-bond donors (Lipinski definition) is 1. The number of nitrogens with one attached hydrogen (secondary N) is 1. The Balaban J connectivity index is 3.07. The lowest BCUT2D eigenvalue weighted by Crippen LogP contribution is -1.65. The van der Waals surface area contributed by atoms with Gasteiger partial charge >= 0.3 is 0 Å². The molecule has 1 rings (SSSR count). The second-order valence-electron chi connectivity index (χ2n) is 1.60. The Morgan fingerprint density at radius 3 is 3.11 bits per heavy atom. The van der Waals surface area contributed by atoms with Gasteiger partial charge < -0.3 is 0 Å². The summed E-state index contributed by atoms with van der Waals surface area (Å²) >= 11 is 0. The van der Waals surface area contributed by atoms with E-state index in [1.165, 1.54) is 6.08 Å². The first kappa shape index (κ1) is 5.72. The first-order valence-electron chi connectivity index (χ1n) is 2.42. The Morgan fingerprint density at radius 1 is 1.89 bits per heavy atom. The summed E-state index contributed by atoms with van der Waals surface area (Å²) < 4.78 is 0. The van der Waals surface area contributed by atoms with Crippen LogP contribution < -0.4 is 0 Å². The van der Waals surface area contributed by atoms with Crippen molar-refractivity contribution in [3.8, 4) is 0 Å². The summed E-state index contributed by atoms with van der Waals surface area (Å²) in [6.07, 6.45) is 3.01. The average Bonchev–Trinajstić information content (AvgIpc) is 2.18. The zero-order chi connectivity index (χ0) is 6.69. The summed E-state index contributed by atoms with van der Waals surface area (Å²) in [5, 5.41) is 6.17. The SMILES string of the molecule is Cc1cn[nH]c1N=C=O. The van der Waals surface area contributed by atoms with Crippen molar-refractivity contribution in [3.05, 3.63) is 11.8 Å². The van der Waals surface area contributed by atoms with E-state index in [9.17, 15) is 4.79 Å². The molecular weight excluding hydrogens is 118 g/mol. The molecule has 0 saturated carbocycles. The van der Waals surface area contributed by atoms with Gasteiger partial charge in [0.2, 0.25) is 6.08 Å². The van der Waals surface area contributed by atoms with Gasteiger partial charge in [-0.1, -0.05) is 0 Å². The van der Waals surface area contributed by atoms with E-state index in [2.05, 4.69) is 15.2 Å².